The Kier molecular flexibility index (Phi) is 12.5. The predicted octanol–water partition coefficient (Wildman–Crippen LogP) is 3.43. The monoisotopic (exact) mass is 545 g/mol. The summed E-state index contributed by atoms with van der Waals surface area (Å²) in [6.45, 7) is 9.52. The zero-order valence-electron chi connectivity index (χ0n) is 19.1. The van der Waals surface area contributed by atoms with Crippen LogP contribution < -0.4 is 15.5 Å². The average Bonchev–Trinajstić information content (AvgIpc) is 2.80. The maximum atomic E-state index is 5.82. The second kappa shape index (κ2) is 14.8. The number of halogens is 1. The fourth-order valence-electron chi connectivity index (χ4n) is 3.90. The molecule has 0 unspecified atom stereocenters. The van der Waals surface area contributed by atoms with E-state index in [4.69, 9.17) is 9.47 Å². The lowest BCUT2D eigenvalue weighted by molar-refractivity contribution is 0.0203. The number of hydrogen-bond donors (Lipinski definition) is 2. The first-order valence-corrected chi connectivity index (χ1v) is 11.5. The molecule has 0 aliphatic carbocycles. The molecule has 31 heavy (non-hydrogen) atoms. The minimum Gasteiger partial charge on any atom is -0.381 e. The zero-order valence-corrected chi connectivity index (χ0v) is 21.5. The molecule has 0 atom stereocenters. The van der Waals surface area contributed by atoms with Crippen LogP contribution in [0.4, 0.5) is 5.82 Å². The van der Waals surface area contributed by atoms with E-state index in [2.05, 4.69) is 44.6 Å². The number of hydrogen-bond acceptors (Lipinski definition) is 5. The van der Waals surface area contributed by atoms with Crippen LogP contribution in [0.25, 0.3) is 0 Å². The van der Waals surface area contributed by atoms with Gasteiger partial charge in [-0.15, -0.1) is 24.0 Å². The molecule has 176 valence electrons. The van der Waals surface area contributed by atoms with Crippen molar-refractivity contribution in [3.63, 3.8) is 0 Å². The zero-order chi connectivity index (χ0) is 21.0. The van der Waals surface area contributed by atoms with Gasteiger partial charge in [-0.05, 0) is 55.6 Å². The quantitative estimate of drug-likeness (QED) is 0.215. The highest BCUT2D eigenvalue weighted by molar-refractivity contribution is 14.0. The van der Waals surface area contributed by atoms with Crippen LogP contribution >= 0.6 is 24.0 Å². The summed E-state index contributed by atoms with van der Waals surface area (Å²) < 4.78 is 11.2. The minimum absolute atomic E-state index is 0. The van der Waals surface area contributed by atoms with Gasteiger partial charge in [0.2, 0.25) is 0 Å². The number of nitrogens with zero attached hydrogens (tertiary/aromatic N) is 3. The SMILES string of the molecule is CN=C(NCCCOCC1CCOCC1)NCc1ccc(N2CCC(C)CC2)nc1.I. The van der Waals surface area contributed by atoms with Gasteiger partial charge in [-0.1, -0.05) is 13.0 Å². The summed E-state index contributed by atoms with van der Waals surface area (Å²) in [5.74, 6) is 3.41. The predicted molar refractivity (Wildman–Crippen MR) is 137 cm³/mol. The summed E-state index contributed by atoms with van der Waals surface area (Å²) in [6.07, 6.45) is 7.71. The Bertz CT molecular complexity index is 629. The van der Waals surface area contributed by atoms with Crippen LogP contribution in [0, 0.1) is 11.8 Å². The van der Waals surface area contributed by atoms with Gasteiger partial charge in [0.25, 0.3) is 0 Å². The van der Waals surface area contributed by atoms with Crippen molar-refractivity contribution in [2.45, 2.75) is 45.6 Å². The average molecular weight is 546 g/mol. The van der Waals surface area contributed by atoms with Gasteiger partial charge in [0.15, 0.2) is 5.96 Å². The van der Waals surface area contributed by atoms with Crippen molar-refractivity contribution in [1.29, 1.82) is 0 Å². The maximum absolute atomic E-state index is 5.82. The van der Waals surface area contributed by atoms with Gasteiger partial charge in [-0.25, -0.2) is 4.98 Å². The number of aliphatic imine (C=N–C) groups is 1. The molecule has 8 heteroatoms. The maximum Gasteiger partial charge on any atom is 0.191 e. The van der Waals surface area contributed by atoms with Crippen LogP contribution in [0.15, 0.2) is 23.3 Å². The fourth-order valence-corrected chi connectivity index (χ4v) is 3.90. The van der Waals surface area contributed by atoms with Crippen molar-refractivity contribution in [2.24, 2.45) is 16.8 Å². The standard InChI is InChI=1S/C23H39N5O2.HI/c1-19-6-11-28(12-7-19)22-5-4-21(16-26-22)17-27-23(24-2)25-10-3-13-30-18-20-8-14-29-15-9-20;/h4-5,16,19-20H,3,6-15,17-18H2,1-2H3,(H2,24,25,27);1H. The lowest BCUT2D eigenvalue weighted by Crippen LogP contribution is -2.37. The number of pyridine rings is 1. The lowest BCUT2D eigenvalue weighted by Gasteiger charge is -2.31. The molecule has 2 fully saturated rings. The first-order valence-electron chi connectivity index (χ1n) is 11.5. The summed E-state index contributed by atoms with van der Waals surface area (Å²) in [5.41, 5.74) is 1.16. The van der Waals surface area contributed by atoms with Gasteiger partial charge in [0.1, 0.15) is 5.82 Å². The highest BCUT2D eigenvalue weighted by Gasteiger charge is 2.16. The number of rotatable bonds is 9. The number of piperidine rings is 1. The topological polar surface area (TPSA) is 71.0 Å². The van der Waals surface area contributed by atoms with Gasteiger partial charge in [0, 0.05) is 65.9 Å². The number of nitrogens with one attached hydrogen (secondary N) is 2. The van der Waals surface area contributed by atoms with Crippen molar-refractivity contribution in [1.82, 2.24) is 15.6 Å². The summed E-state index contributed by atoms with van der Waals surface area (Å²) >= 11 is 0. The van der Waals surface area contributed by atoms with Crippen molar-refractivity contribution < 1.29 is 9.47 Å². The van der Waals surface area contributed by atoms with Gasteiger partial charge in [-0.3, -0.25) is 4.99 Å². The Morgan fingerprint density at radius 1 is 1.19 bits per heavy atom. The van der Waals surface area contributed by atoms with E-state index in [9.17, 15) is 0 Å². The Morgan fingerprint density at radius 3 is 2.65 bits per heavy atom. The first-order chi connectivity index (χ1) is 14.7. The highest BCUT2D eigenvalue weighted by atomic mass is 127. The molecule has 1 aromatic heterocycles. The summed E-state index contributed by atoms with van der Waals surface area (Å²) in [4.78, 5) is 11.4. The van der Waals surface area contributed by atoms with Crippen molar-refractivity contribution in [2.75, 3.05) is 58.0 Å². The number of guanidine groups is 1. The summed E-state index contributed by atoms with van der Waals surface area (Å²) in [5, 5.41) is 6.72. The van der Waals surface area contributed by atoms with E-state index in [-0.39, 0.29) is 24.0 Å². The normalized spacial score (nSPS) is 18.5. The van der Waals surface area contributed by atoms with E-state index in [1.165, 1.54) is 12.8 Å². The van der Waals surface area contributed by atoms with Crippen LogP contribution in [0.1, 0.15) is 44.6 Å². The van der Waals surface area contributed by atoms with Gasteiger partial charge in [0.05, 0.1) is 0 Å². The Morgan fingerprint density at radius 2 is 1.97 bits per heavy atom. The Labute approximate surface area is 204 Å². The van der Waals surface area contributed by atoms with E-state index in [0.29, 0.717) is 12.5 Å². The third kappa shape index (κ3) is 9.49. The molecule has 0 spiro atoms. The van der Waals surface area contributed by atoms with Crippen LogP contribution in [0.3, 0.4) is 0 Å². The number of aromatic nitrogens is 1. The Hall–Kier alpha value is -1.13. The first kappa shape index (κ1) is 26.1. The number of anilines is 1. The second-order valence-corrected chi connectivity index (χ2v) is 8.53. The largest absolute Gasteiger partial charge is 0.381 e. The molecule has 0 saturated carbocycles. The molecule has 0 radical (unpaired) electrons. The molecule has 0 aromatic carbocycles. The Balaban J connectivity index is 0.00000341. The van der Waals surface area contributed by atoms with Crippen LogP contribution in [0.5, 0.6) is 0 Å². The third-order valence-electron chi connectivity index (χ3n) is 6.05. The highest BCUT2D eigenvalue weighted by Crippen LogP contribution is 2.21. The van der Waals surface area contributed by atoms with E-state index in [1.807, 2.05) is 6.20 Å². The number of ether oxygens (including phenoxy) is 2. The lowest BCUT2D eigenvalue weighted by atomic mass is 9.99. The molecule has 2 N–H and O–H groups in total. The van der Waals surface area contributed by atoms with Gasteiger partial charge < -0.3 is 25.0 Å². The third-order valence-corrected chi connectivity index (χ3v) is 6.05. The fraction of sp³-hybridized carbons (Fsp3) is 0.739. The van der Waals surface area contributed by atoms with E-state index in [0.717, 1.165) is 88.6 Å². The van der Waals surface area contributed by atoms with Crippen molar-refractivity contribution in [3.8, 4) is 0 Å². The second-order valence-electron chi connectivity index (χ2n) is 8.53. The van der Waals surface area contributed by atoms with Crippen LogP contribution in [-0.4, -0.2) is 64.1 Å². The van der Waals surface area contributed by atoms with E-state index in [1.54, 1.807) is 7.05 Å². The molecule has 2 aliphatic rings. The summed E-state index contributed by atoms with van der Waals surface area (Å²) in [7, 11) is 1.80. The van der Waals surface area contributed by atoms with Crippen molar-refractivity contribution >= 4 is 35.8 Å². The molecular weight excluding hydrogens is 505 g/mol. The van der Waals surface area contributed by atoms with Crippen molar-refractivity contribution in [3.05, 3.63) is 23.9 Å². The van der Waals surface area contributed by atoms with Gasteiger partial charge in [-0.2, -0.15) is 0 Å². The molecule has 7 nitrogen and oxygen atoms in total. The van der Waals surface area contributed by atoms with E-state index < -0.39 is 0 Å². The molecule has 3 rings (SSSR count). The summed E-state index contributed by atoms with van der Waals surface area (Å²) in [6, 6.07) is 4.30. The molecule has 2 aliphatic heterocycles. The van der Waals surface area contributed by atoms with E-state index >= 15 is 0 Å². The molecule has 2 saturated heterocycles. The smallest absolute Gasteiger partial charge is 0.191 e. The molecule has 3 heterocycles. The van der Waals surface area contributed by atoms with Gasteiger partial charge >= 0.3 is 0 Å². The molecule has 0 bridgehead atoms. The molecular formula is C23H40IN5O2. The molecule has 1 aromatic rings. The minimum atomic E-state index is 0. The van der Waals surface area contributed by atoms with Crippen LogP contribution in [0.2, 0.25) is 0 Å². The van der Waals surface area contributed by atoms with Crippen LogP contribution in [-0.2, 0) is 16.0 Å². The molecule has 0 amide bonds.